The van der Waals surface area contributed by atoms with Crippen molar-refractivity contribution in [3.8, 4) is 0 Å². The molecule has 0 saturated heterocycles. The predicted molar refractivity (Wildman–Crippen MR) is 73.7 cm³/mol. The Bertz CT molecular complexity index is 158. The molecule has 0 aromatic carbocycles. The zero-order chi connectivity index (χ0) is 14.5. The van der Waals surface area contributed by atoms with Gasteiger partial charge in [0.2, 0.25) is 0 Å². The smallest absolute Gasteiger partial charge is 0.145 e. The summed E-state index contributed by atoms with van der Waals surface area (Å²) in [5.74, 6) is 0. The summed E-state index contributed by atoms with van der Waals surface area (Å²) in [5, 5.41) is 0. The van der Waals surface area contributed by atoms with Crippen molar-refractivity contribution in [2.45, 2.75) is 59.3 Å². The first-order chi connectivity index (χ1) is 8.74. The van der Waals surface area contributed by atoms with Gasteiger partial charge in [-0.25, -0.2) is 0 Å². The molecule has 0 fully saturated rings. The van der Waals surface area contributed by atoms with Gasteiger partial charge >= 0.3 is 0 Å². The van der Waals surface area contributed by atoms with Crippen LogP contribution in [-0.2, 0) is 19.1 Å². The van der Waals surface area contributed by atoms with Gasteiger partial charge in [0.1, 0.15) is 25.5 Å². The average Bonchev–Trinajstić information content (AvgIpc) is 2.37. The van der Waals surface area contributed by atoms with Crippen LogP contribution in [0.4, 0.5) is 0 Å². The topological polar surface area (TPSA) is 60.4 Å². The van der Waals surface area contributed by atoms with Gasteiger partial charge in [0.25, 0.3) is 0 Å². The van der Waals surface area contributed by atoms with Crippen LogP contribution in [-0.4, -0.2) is 32.1 Å². The van der Waals surface area contributed by atoms with E-state index in [1.807, 2.05) is 6.92 Å². The highest BCUT2D eigenvalue weighted by Crippen LogP contribution is 1.99. The first kappa shape index (κ1) is 22.2. The number of carbonyl (C=O) groups excluding carboxylic acids is 3. The molecule has 0 aliphatic rings. The SMILES string of the molecule is CC=O.CCCCCCC=O.CCCOCC=O. The lowest BCUT2D eigenvalue weighted by molar-refractivity contribution is -0.112. The third-order valence-corrected chi connectivity index (χ3v) is 1.71. The Morgan fingerprint density at radius 1 is 0.889 bits per heavy atom. The molecular formula is C14H28O4. The largest absolute Gasteiger partial charge is 0.374 e. The molecule has 108 valence electrons. The number of hydrogen-bond donors (Lipinski definition) is 0. The normalized spacial score (nSPS) is 8.17. The fourth-order valence-electron chi connectivity index (χ4n) is 0.930. The zero-order valence-corrected chi connectivity index (χ0v) is 12.0. The Kier molecular flexibility index (Phi) is 36.6. The van der Waals surface area contributed by atoms with E-state index in [2.05, 4.69) is 6.92 Å². The van der Waals surface area contributed by atoms with E-state index in [9.17, 15) is 9.59 Å². The maximum absolute atomic E-state index is 9.77. The van der Waals surface area contributed by atoms with Crippen molar-refractivity contribution in [2.24, 2.45) is 0 Å². The van der Waals surface area contributed by atoms with Crippen LogP contribution in [0.3, 0.4) is 0 Å². The first-order valence-electron chi connectivity index (χ1n) is 6.59. The van der Waals surface area contributed by atoms with Gasteiger partial charge in [-0.1, -0.05) is 33.1 Å². The molecule has 0 N–H and O–H groups in total. The van der Waals surface area contributed by atoms with Gasteiger partial charge in [-0.2, -0.15) is 0 Å². The Labute approximate surface area is 111 Å². The maximum atomic E-state index is 9.77. The molecule has 4 heteroatoms. The first-order valence-corrected chi connectivity index (χ1v) is 6.59. The van der Waals surface area contributed by atoms with Gasteiger partial charge < -0.3 is 19.1 Å². The molecule has 0 radical (unpaired) electrons. The molecule has 0 saturated carbocycles. The van der Waals surface area contributed by atoms with Crippen LogP contribution in [0, 0.1) is 0 Å². The van der Waals surface area contributed by atoms with Crippen LogP contribution in [0.1, 0.15) is 59.3 Å². The van der Waals surface area contributed by atoms with Gasteiger partial charge in [-0.15, -0.1) is 0 Å². The minimum atomic E-state index is 0.244. The van der Waals surface area contributed by atoms with Crippen LogP contribution in [0.25, 0.3) is 0 Å². The summed E-state index contributed by atoms with van der Waals surface area (Å²) in [6.07, 6.45) is 9.05. The van der Waals surface area contributed by atoms with Gasteiger partial charge in [0.05, 0.1) is 0 Å². The number of unbranched alkanes of at least 4 members (excludes halogenated alkanes) is 4. The van der Waals surface area contributed by atoms with Crippen molar-refractivity contribution in [1.29, 1.82) is 0 Å². The second-order valence-corrected chi connectivity index (χ2v) is 3.49. The monoisotopic (exact) mass is 260 g/mol. The molecule has 4 nitrogen and oxygen atoms in total. The number of carbonyl (C=O) groups is 3. The van der Waals surface area contributed by atoms with Gasteiger partial charge in [-0.05, 0) is 19.8 Å². The number of ether oxygens (including phenoxy) is 1. The highest BCUT2D eigenvalue weighted by molar-refractivity contribution is 5.50. The molecule has 0 aromatic heterocycles. The minimum Gasteiger partial charge on any atom is -0.374 e. The predicted octanol–water partition coefficient (Wildman–Crippen LogP) is 2.97. The summed E-state index contributed by atoms with van der Waals surface area (Å²) in [5.41, 5.74) is 0. The summed E-state index contributed by atoms with van der Waals surface area (Å²) < 4.78 is 4.76. The molecule has 0 rings (SSSR count). The summed E-state index contributed by atoms with van der Waals surface area (Å²) in [6, 6.07) is 0. The Balaban J connectivity index is -0.000000207. The third kappa shape index (κ3) is 46.0. The summed E-state index contributed by atoms with van der Waals surface area (Å²) in [4.78, 5) is 28.1. The van der Waals surface area contributed by atoms with Gasteiger partial charge in [0, 0.05) is 13.0 Å². The number of aldehydes is 3. The molecule has 0 spiro atoms. The standard InChI is InChI=1S/C7H14O.C5H10O2.C2H4O/c1-2-3-4-5-6-7-8;1-2-4-7-5-3-6;1-2-3/h7H,2-6H2,1H3;3H,2,4-5H2,1H3;2H,1H3. The van der Waals surface area contributed by atoms with E-state index in [1.165, 1.54) is 26.2 Å². The third-order valence-electron chi connectivity index (χ3n) is 1.71. The Morgan fingerprint density at radius 2 is 1.50 bits per heavy atom. The van der Waals surface area contributed by atoms with Crippen LogP contribution in [0.2, 0.25) is 0 Å². The molecule has 0 atom stereocenters. The highest BCUT2D eigenvalue weighted by Gasteiger charge is 1.83. The van der Waals surface area contributed by atoms with E-state index in [1.54, 1.807) is 0 Å². The summed E-state index contributed by atoms with van der Waals surface area (Å²) >= 11 is 0. The van der Waals surface area contributed by atoms with Crippen LogP contribution in [0.15, 0.2) is 0 Å². The summed E-state index contributed by atoms with van der Waals surface area (Å²) in [6.45, 7) is 6.55. The fourth-order valence-corrected chi connectivity index (χ4v) is 0.930. The Morgan fingerprint density at radius 3 is 1.89 bits per heavy atom. The average molecular weight is 260 g/mol. The van der Waals surface area contributed by atoms with Crippen molar-refractivity contribution in [2.75, 3.05) is 13.2 Å². The lowest BCUT2D eigenvalue weighted by Crippen LogP contribution is -1.94. The molecule has 18 heavy (non-hydrogen) atoms. The summed E-state index contributed by atoms with van der Waals surface area (Å²) in [7, 11) is 0. The lowest BCUT2D eigenvalue weighted by atomic mass is 10.2. The molecule has 0 aliphatic carbocycles. The van der Waals surface area contributed by atoms with Crippen LogP contribution in [0.5, 0.6) is 0 Å². The number of hydrogen-bond acceptors (Lipinski definition) is 4. The maximum Gasteiger partial charge on any atom is 0.145 e. The lowest BCUT2D eigenvalue weighted by Gasteiger charge is -1.90. The fraction of sp³-hybridized carbons (Fsp3) is 0.786. The van der Waals surface area contributed by atoms with E-state index >= 15 is 0 Å². The minimum absolute atomic E-state index is 0.244. The van der Waals surface area contributed by atoms with Crippen molar-refractivity contribution in [3.05, 3.63) is 0 Å². The zero-order valence-electron chi connectivity index (χ0n) is 12.0. The highest BCUT2D eigenvalue weighted by atomic mass is 16.5. The molecule has 0 amide bonds. The van der Waals surface area contributed by atoms with Gasteiger partial charge in [-0.3, -0.25) is 0 Å². The molecule has 0 heterocycles. The molecule has 0 bridgehead atoms. The molecular weight excluding hydrogens is 232 g/mol. The van der Waals surface area contributed by atoms with Crippen LogP contribution >= 0.6 is 0 Å². The molecule has 0 unspecified atom stereocenters. The molecule has 0 aliphatic heterocycles. The van der Waals surface area contributed by atoms with Crippen molar-refractivity contribution in [1.82, 2.24) is 0 Å². The van der Waals surface area contributed by atoms with Gasteiger partial charge in [0.15, 0.2) is 0 Å². The van der Waals surface area contributed by atoms with E-state index in [-0.39, 0.29) is 6.61 Å². The van der Waals surface area contributed by atoms with E-state index in [4.69, 9.17) is 9.53 Å². The number of rotatable bonds is 9. The van der Waals surface area contributed by atoms with Crippen LogP contribution < -0.4 is 0 Å². The van der Waals surface area contributed by atoms with E-state index < -0.39 is 0 Å². The van der Waals surface area contributed by atoms with Crippen molar-refractivity contribution in [3.63, 3.8) is 0 Å². The second kappa shape index (κ2) is 29.7. The second-order valence-electron chi connectivity index (χ2n) is 3.49. The Hall–Kier alpha value is -1.03. The van der Waals surface area contributed by atoms with E-state index in [0.29, 0.717) is 6.61 Å². The molecule has 0 aromatic rings. The van der Waals surface area contributed by atoms with Crippen molar-refractivity contribution < 1.29 is 19.1 Å². The van der Waals surface area contributed by atoms with E-state index in [0.717, 1.165) is 38.1 Å². The quantitative estimate of drug-likeness (QED) is 0.472. The van der Waals surface area contributed by atoms with Crippen molar-refractivity contribution >= 4 is 18.9 Å².